The van der Waals surface area contributed by atoms with Crippen LogP contribution in [0.3, 0.4) is 0 Å². The van der Waals surface area contributed by atoms with Gasteiger partial charge in [0.25, 0.3) is 0 Å². The molecule has 1 aliphatic heterocycles. The van der Waals surface area contributed by atoms with E-state index in [1.54, 1.807) is 0 Å². The van der Waals surface area contributed by atoms with Gasteiger partial charge in [0.05, 0.1) is 0 Å². The molecule has 0 saturated carbocycles. The van der Waals surface area contributed by atoms with Crippen LogP contribution < -0.4 is 4.90 Å². The standard InChI is InChI=1S/C15H24N2/c1-11-6-7-15(12(2)8-11)17-9-13(3)16(5)14(4)10-17/h6-8,13-14H,9-10H2,1-5H3/t13-,14+. The molecule has 0 amide bonds. The topological polar surface area (TPSA) is 6.48 Å². The van der Waals surface area contributed by atoms with Gasteiger partial charge in [-0.2, -0.15) is 0 Å². The first-order valence-electron chi connectivity index (χ1n) is 6.53. The second-order valence-electron chi connectivity index (χ2n) is 5.56. The van der Waals surface area contributed by atoms with Gasteiger partial charge < -0.3 is 4.90 Å². The van der Waals surface area contributed by atoms with Crippen LogP contribution in [0, 0.1) is 13.8 Å². The second-order valence-corrected chi connectivity index (χ2v) is 5.56. The Morgan fingerprint density at radius 1 is 1.06 bits per heavy atom. The highest BCUT2D eigenvalue weighted by Crippen LogP contribution is 2.25. The SMILES string of the molecule is Cc1ccc(N2C[C@@H](C)N(C)[C@@H](C)C2)c(C)c1. The van der Waals surface area contributed by atoms with Gasteiger partial charge in [0.15, 0.2) is 0 Å². The number of hydrogen-bond acceptors (Lipinski definition) is 2. The van der Waals surface area contributed by atoms with Crippen LogP contribution in [-0.4, -0.2) is 37.1 Å². The number of nitrogens with zero attached hydrogens (tertiary/aromatic N) is 2. The molecule has 0 N–H and O–H groups in total. The van der Waals surface area contributed by atoms with Crippen molar-refractivity contribution in [3.8, 4) is 0 Å². The summed E-state index contributed by atoms with van der Waals surface area (Å²) in [6, 6.07) is 8.02. The molecular formula is C15H24N2. The summed E-state index contributed by atoms with van der Waals surface area (Å²) in [5.41, 5.74) is 4.15. The minimum absolute atomic E-state index is 0.624. The lowest BCUT2D eigenvalue weighted by Crippen LogP contribution is -2.55. The molecule has 2 heteroatoms. The van der Waals surface area contributed by atoms with Crippen molar-refractivity contribution in [1.29, 1.82) is 0 Å². The molecule has 17 heavy (non-hydrogen) atoms. The third kappa shape index (κ3) is 2.47. The Labute approximate surface area is 105 Å². The van der Waals surface area contributed by atoms with Crippen molar-refractivity contribution in [3.63, 3.8) is 0 Å². The molecular weight excluding hydrogens is 208 g/mol. The van der Waals surface area contributed by atoms with Crippen LogP contribution in [0.15, 0.2) is 18.2 Å². The summed E-state index contributed by atoms with van der Waals surface area (Å²) in [6.07, 6.45) is 0. The van der Waals surface area contributed by atoms with Crippen molar-refractivity contribution in [2.24, 2.45) is 0 Å². The van der Waals surface area contributed by atoms with Gasteiger partial charge in [-0.1, -0.05) is 17.7 Å². The fraction of sp³-hybridized carbons (Fsp3) is 0.600. The number of benzene rings is 1. The zero-order valence-electron chi connectivity index (χ0n) is 11.7. The molecule has 2 atom stereocenters. The highest BCUT2D eigenvalue weighted by molar-refractivity contribution is 5.55. The predicted molar refractivity (Wildman–Crippen MR) is 74.8 cm³/mol. The molecule has 1 aliphatic rings. The molecule has 94 valence electrons. The van der Waals surface area contributed by atoms with E-state index in [1.807, 2.05) is 0 Å². The third-order valence-corrected chi connectivity index (χ3v) is 4.05. The van der Waals surface area contributed by atoms with E-state index in [4.69, 9.17) is 0 Å². The molecule has 0 spiro atoms. The zero-order chi connectivity index (χ0) is 12.6. The maximum absolute atomic E-state index is 2.53. The molecule has 1 fully saturated rings. The normalized spacial score (nSPS) is 26.3. The number of likely N-dealkylation sites (N-methyl/N-ethyl adjacent to an activating group) is 1. The van der Waals surface area contributed by atoms with Crippen molar-refractivity contribution in [2.45, 2.75) is 39.8 Å². The van der Waals surface area contributed by atoms with Crippen LogP contribution in [0.4, 0.5) is 5.69 Å². The molecule has 0 aliphatic carbocycles. The second kappa shape index (κ2) is 4.69. The van der Waals surface area contributed by atoms with E-state index in [9.17, 15) is 0 Å². The molecule has 2 nitrogen and oxygen atoms in total. The lowest BCUT2D eigenvalue weighted by molar-refractivity contribution is 0.170. The first-order chi connectivity index (χ1) is 7.99. The number of hydrogen-bond donors (Lipinski definition) is 0. The van der Waals surface area contributed by atoms with Crippen molar-refractivity contribution >= 4 is 5.69 Å². The van der Waals surface area contributed by atoms with E-state index in [1.165, 1.54) is 16.8 Å². The Morgan fingerprint density at radius 3 is 2.18 bits per heavy atom. The molecule has 1 aromatic carbocycles. The minimum atomic E-state index is 0.624. The van der Waals surface area contributed by atoms with Crippen LogP contribution >= 0.6 is 0 Å². The van der Waals surface area contributed by atoms with Gasteiger partial charge in [-0.15, -0.1) is 0 Å². The Kier molecular flexibility index (Phi) is 3.43. The Balaban J connectivity index is 2.23. The molecule has 0 unspecified atom stereocenters. The number of anilines is 1. The van der Waals surface area contributed by atoms with Gasteiger partial charge in [-0.05, 0) is 46.4 Å². The zero-order valence-corrected chi connectivity index (χ0v) is 11.7. The lowest BCUT2D eigenvalue weighted by atomic mass is 10.0. The van der Waals surface area contributed by atoms with Crippen molar-refractivity contribution in [1.82, 2.24) is 4.90 Å². The highest BCUT2D eigenvalue weighted by atomic mass is 15.3. The largest absolute Gasteiger partial charge is 0.368 e. The number of aryl methyl sites for hydroxylation is 2. The molecule has 1 aromatic rings. The van der Waals surface area contributed by atoms with Gasteiger partial charge >= 0.3 is 0 Å². The summed E-state index contributed by atoms with van der Waals surface area (Å²) in [6.45, 7) is 11.3. The average Bonchev–Trinajstić information content (AvgIpc) is 2.25. The van der Waals surface area contributed by atoms with E-state index in [-0.39, 0.29) is 0 Å². The van der Waals surface area contributed by atoms with Gasteiger partial charge in [0, 0.05) is 30.9 Å². The third-order valence-electron chi connectivity index (χ3n) is 4.05. The molecule has 0 aromatic heterocycles. The summed E-state index contributed by atoms with van der Waals surface area (Å²) in [7, 11) is 2.23. The maximum atomic E-state index is 2.53. The van der Waals surface area contributed by atoms with Gasteiger partial charge in [0.2, 0.25) is 0 Å². The Bertz CT molecular complexity index is 388. The molecule has 0 radical (unpaired) electrons. The predicted octanol–water partition coefficient (Wildman–Crippen LogP) is 2.83. The van der Waals surface area contributed by atoms with Crippen LogP contribution in [0.5, 0.6) is 0 Å². The Morgan fingerprint density at radius 2 is 1.65 bits per heavy atom. The Hall–Kier alpha value is -1.02. The quantitative estimate of drug-likeness (QED) is 0.734. The van der Waals surface area contributed by atoms with Crippen molar-refractivity contribution < 1.29 is 0 Å². The van der Waals surface area contributed by atoms with E-state index >= 15 is 0 Å². The fourth-order valence-corrected chi connectivity index (χ4v) is 2.76. The van der Waals surface area contributed by atoms with Crippen LogP contribution in [0.1, 0.15) is 25.0 Å². The molecule has 2 rings (SSSR count). The molecule has 1 saturated heterocycles. The number of piperazine rings is 1. The molecule has 0 bridgehead atoms. The average molecular weight is 232 g/mol. The fourth-order valence-electron chi connectivity index (χ4n) is 2.76. The minimum Gasteiger partial charge on any atom is -0.368 e. The summed E-state index contributed by atoms with van der Waals surface area (Å²) < 4.78 is 0. The molecule has 1 heterocycles. The monoisotopic (exact) mass is 232 g/mol. The number of rotatable bonds is 1. The van der Waals surface area contributed by atoms with Crippen molar-refractivity contribution in [3.05, 3.63) is 29.3 Å². The summed E-state index contributed by atoms with van der Waals surface area (Å²) in [5, 5.41) is 0. The van der Waals surface area contributed by atoms with E-state index in [2.05, 4.69) is 62.7 Å². The van der Waals surface area contributed by atoms with Crippen molar-refractivity contribution in [2.75, 3.05) is 25.0 Å². The smallest absolute Gasteiger partial charge is 0.0397 e. The summed E-state index contributed by atoms with van der Waals surface area (Å²) in [5.74, 6) is 0. The van der Waals surface area contributed by atoms with E-state index in [0.717, 1.165) is 13.1 Å². The highest BCUT2D eigenvalue weighted by Gasteiger charge is 2.26. The van der Waals surface area contributed by atoms with Gasteiger partial charge in [-0.3, -0.25) is 4.90 Å². The first kappa shape index (κ1) is 12.4. The first-order valence-corrected chi connectivity index (χ1v) is 6.53. The van der Waals surface area contributed by atoms with Gasteiger partial charge in [-0.25, -0.2) is 0 Å². The van der Waals surface area contributed by atoms with Gasteiger partial charge in [0.1, 0.15) is 0 Å². The maximum Gasteiger partial charge on any atom is 0.0397 e. The van der Waals surface area contributed by atoms with E-state index in [0.29, 0.717) is 12.1 Å². The van der Waals surface area contributed by atoms with Crippen LogP contribution in [0.2, 0.25) is 0 Å². The van der Waals surface area contributed by atoms with E-state index < -0.39 is 0 Å². The summed E-state index contributed by atoms with van der Waals surface area (Å²) >= 11 is 0. The summed E-state index contributed by atoms with van der Waals surface area (Å²) in [4.78, 5) is 5.00. The lowest BCUT2D eigenvalue weighted by Gasteiger charge is -2.44. The van der Waals surface area contributed by atoms with Crippen LogP contribution in [-0.2, 0) is 0 Å². The van der Waals surface area contributed by atoms with Crippen LogP contribution in [0.25, 0.3) is 0 Å².